The van der Waals surface area contributed by atoms with Crippen molar-refractivity contribution in [2.45, 2.75) is 66.8 Å². The van der Waals surface area contributed by atoms with Crippen molar-refractivity contribution in [3.05, 3.63) is 81.8 Å². The van der Waals surface area contributed by atoms with Gasteiger partial charge < -0.3 is 19.8 Å². The van der Waals surface area contributed by atoms with Gasteiger partial charge in [0, 0.05) is 37.1 Å². The number of anilines is 1. The van der Waals surface area contributed by atoms with Crippen LogP contribution in [0, 0.1) is 24.6 Å². The van der Waals surface area contributed by atoms with Gasteiger partial charge in [-0.1, -0.05) is 64.9 Å². The molecule has 1 aliphatic heterocycles. The second-order valence-corrected chi connectivity index (χ2v) is 11.1. The van der Waals surface area contributed by atoms with E-state index in [1.807, 2.05) is 37.8 Å². The quantitative estimate of drug-likeness (QED) is 0.277. The number of carbonyl (C=O) groups is 1. The molecule has 0 aliphatic carbocycles. The molecular weight excluding hydrogens is 517 g/mol. The molecule has 5 nitrogen and oxygen atoms in total. The molecule has 1 aliphatic rings. The number of aliphatic hydroxyl groups excluding tert-OH is 1. The summed E-state index contributed by atoms with van der Waals surface area (Å²) in [5.41, 5.74) is 4.16. The molecule has 1 heterocycles. The normalized spacial score (nSPS) is 13.7. The van der Waals surface area contributed by atoms with Crippen LogP contribution < -0.4 is 4.90 Å². The maximum atomic E-state index is 14.4. The fourth-order valence-corrected chi connectivity index (χ4v) is 4.54. The van der Waals surface area contributed by atoms with E-state index in [-0.39, 0.29) is 29.2 Å². The number of aryl methyl sites for hydroxylation is 1. The first kappa shape index (κ1) is 32.5. The highest BCUT2D eigenvalue weighted by atomic mass is 35.5. The lowest BCUT2D eigenvalue weighted by atomic mass is 9.88. The van der Waals surface area contributed by atoms with Crippen LogP contribution >= 0.6 is 11.6 Å². The van der Waals surface area contributed by atoms with Crippen molar-refractivity contribution in [3.8, 4) is 0 Å². The highest BCUT2D eigenvalue weighted by molar-refractivity contribution is 6.30. The largest absolute Gasteiger partial charge is 0.478 e. The first-order valence-corrected chi connectivity index (χ1v) is 14.0. The van der Waals surface area contributed by atoms with E-state index in [2.05, 4.69) is 27.4 Å². The number of hydrogen-bond acceptors (Lipinski definition) is 4. The summed E-state index contributed by atoms with van der Waals surface area (Å²) in [5.74, 6) is -0.676. The Labute approximate surface area is 238 Å². The van der Waals surface area contributed by atoms with Gasteiger partial charge in [0.25, 0.3) is 0 Å². The van der Waals surface area contributed by atoms with E-state index in [0.717, 1.165) is 42.4 Å². The van der Waals surface area contributed by atoms with E-state index in [4.69, 9.17) is 16.3 Å². The Bertz CT molecular complexity index is 1170. The Kier molecular flexibility index (Phi) is 12.7. The van der Waals surface area contributed by atoms with E-state index in [1.165, 1.54) is 12.5 Å². The number of ether oxygens (including phenoxy) is 1. The molecule has 39 heavy (non-hydrogen) atoms. The van der Waals surface area contributed by atoms with Crippen LogP contribution in [0.2, 0.25) is 5.02 Å². The Morgan fingerprint density at radius 3 is 2.41 bits per heavy atom. The summed E-state index contributed by atoms with van der Waals surface area (Å²) in [5, 5.41) is 19.7. The Balaban J connectivity index is 0.000000510. The maximum Gasteiger partial charge on any atom is 0.337 e. The third-order valence-electron chi connectivity index (χ3n) is 6.80. The SMILES string of the molecule is C=C1C(C(=O)O)=CN(C(CO)C(C)C)c2cc(C)c(Cc3cccc(Cl)c3F)cc21.CCCOCCC(C)C. The van der Waals surface area contributed by atoms with Crippen molar-refractivity contribution in [1.82, 2.24) is 0 Å². The number of fused-ring (bicyclic) bond motifs is 1. The standard InChI is InChI=1S/C24H25ClFNO3.C8H18O/c1-13(2)22(12-28)27-11-19(24(29)30)15(4)18-10-17(14(3)8-21(18)27)9-16-6-5-7-20(25)23(16)26;1-4-6-9-7-5-8(2)3/h5-8,10-11,13,22,28H,4,9,12H2,1-3H3,(H,29,30);8H,4-7H2,1-3H3. The van der Waals surface area contributed by atoms with E-state index in [0.29, 0.717) is 23.1 Å². The number of carboxylic acids is 1. The van der Waals surface area contributed by atoms with Crippen LogP contribution in [0.3, 0.4) is 0 Å². The number of rotatable bonds is 11. The fourth-order valence-electron chi connectivity index (χ4n) is 4.35. The third-order valence-corrected chi connectivity index (χ3v) is 7.09. The predicted octanol–water partition coefficient (Wildman–Crippen LogP) is 7.66. The van der Waals surface area contributed by atoms with Crippen molar-refractivity contribution in [1.29, 1.82) is 0 Å². The molecule has 2 N–H and O–H groups in total. The summed E-state index contributed by atoms with van der Waals surface area (Å²) in [7, 11) is 0. The van der Waals surface area contributed by atoms with Crippen LogP contribution in [-0.2, 0) is 16.0 Å². The summed E-state index contributed by atoms with van der Waals surface area (Å²) in [6, 6.07) is 8.41. The van der Waals surface area contributed by atoms with Gasteiger partial charge in [0.2, 0.25) is 0 Å². The summed E-state index contributed by atoms with van der Waals surface area (Å²) in [6.07, 6.45) is 4.19. The van der Waals surface area contributed by atoms with Crippen LogP contribution in [0.5, 0.6) is 0 Å². The van der Waals surface area contributed by atoms with Crippen molar-refractivity contribution < 1.29 is 24.1 Å². The lowest BCUT2D eigenvalue weighted by molar-refractivity contribution is -0.132. The highest BCUT2D eigenvalue weighted by Crippen LogP contribution is 2.40. The molecule has 7 heteroatoms. The first-order valence-electron chi connectivity index (χ1n) is 13.6. The zero-order chi connectivity index (χ0) is 29.3. The molecule has 214 valence electrons. The van der Waals surface area contributed by atoms with E-state index >= 15 is 0 Å². The van der Waals surface area contributed by atoms with Crippen LogP contribution in [0.4, 0.5) is 10.1 Å². The van der Waals surface area contributed by atoms with Gasteiger partial charge in [0.05, 0.1) is 23.2 Å². The number of benzene rings is 2. The molecule has 2 aromatic rings. The molecule has 0 bridgehead atoms. The summed E-state index contributed by atoms with van der Waals surface area (Å²) >= 11 is 5.92. The number of halogens is 2. The molecule has 0 fully saturated rings. The number of nitrogens with zero attached hydrogens (tertiary/aromatic N) is 1. The smallest absolute Gasteiger partial charge is 0.337 e. The zero-order valence-electron chi connectivity index (χ0n) is 24.1. The monoisotopic (exact) mass is 559 g/mol. The van der Waals surface area contributed by atoms with E-state index in [1.54, 1.807) is 18.3 Å². The van der Waals surface area contributed by atoms with E-state index < -0.39 is 11.8 Å². The Hall–Kier alpha value is -2.67. The fraction of sp³-hybridized carbons (Fsp3) is 0.469. The minimum atomic E-state index is -1.08. The molecule has 0 spiro atoms. The first-order chi connectivity index (χ1) is 18.4. The molecule has 0 aromatic heterocycles. The molecule has 0 amide bonds. The van der Waals surface area contributed by atoms with Crippen molar-refractivity contribution in [2.24, 2.45) is 11.8 Å². The molecule has 3 rings (SSSR count). The number of hydrogen-bond donors (Lipinski definition) is 2. The average molecular weight is 560 g/mol. The maximum absolute atomic E-state index is 14.4. The Morgan fingerprint density at radius 2 is 1.85 bits per heavy atom. The molecule has 2 aromatic carbocycles. The van der Waals surface area contributed by atoms with Crippen LogP contribution in [0.1, 0.15) is 69.7 Å². The summed E-state index contributed by atoms with van der Waals surface area (Å²) < 4.78 is 19.7. The van der Waals surface area contributed by atoms with Crippen LogP contribution in [0.25, 0.3) is 5.57 Å². The second kappa shape index (κ2) is 15.2. The van der Waals surface area contributed by atoms with Gasteiger partial charge in [-0.05, 0) is 72.1 Å². The average Bonchev–Trinajstić information content (AvgIpc) is 2.87. The van der Waals surface area contributed by atoms with Gasteiger partial charge in [-0.2, -0.15) is 0 Å². The number of aliphatic carboxylic acids is 1. The molecule has 1 unspecified atom stereocenters. The zero-order valence-corrected chi connectivity index (χ0v) is 24.8. The minimum absolute atomic E-state index is 0.0671. The topological polar surface area (TPSA) is 70.0 Å². The van der Waals surface area contributed by atoms with Crippen molar-refractivity contribution >= 4 is 28.8 Å². The van der Waals surface area contributed by atoms with Gasteiger partial charge in [0.15, 0.2) is 0 Å². The Morgan fingerprint density at radius 1 is 1.15 bits per heavy atom. The number of aliphatic hydroxyl groups is 1. The molecule has 0 radical (unpaired) electrons. The predicted molar refractivity (Wildman–Crippen MR) is 159 cm³/mol. The van der Waals surface area contributed by atoms with Crippen LogP contribution in [0.15, 0.2) is 48.7 Å². The summed E-state index contributed by atoms with van der Waals surface area (Å²) in [4.78, 5) is 13.7. The summed E-state index contributed by atoms with van der Waals surface area (Å²) in [6.45, 7) is 18.2. The van der Waals surface area contributed by atoms with Gasteiger partial charge in [-0.3, -0.25) is 0 Å². The lowest BCUT2D eigenvalue weighted by Gasteiger charge is -2.37. The molecule has 0 saturated carbocycles. The van der Waals surface area contributed by atoms with Gasteiger partial charge in [0.1, 0.15) is 5.82 Å². The molecular formula is C32H43ClFNO4. The third kappa shape index (κ3) is 8.66. The minimum Gasteiger partial charge on any atom is -0.478 e. The lowest BCUT2D eigenvalue weighted by Crippen LogP contribution is -2.40. The van der Waals surface area contributed by atoms with Crippen molar-refractivity contribution in [3.63, 3.8) is 0 Å². The van der Waals surface area contributed by atoms with Gasteiger partial charge in [-0.25, -0.2) is 9.18 Å². The van der Waals surface area contributed by atoms with Crippen molar-refractivity contribution in [2.75, 3.05) is 24.7 Å². The number of carboxylic acid groups (broad SMARTS) is 1. The molecule has 1 atom stereocenters. The van der Waals surface area contributed by atoms with Crippen LogP contribution in [-0.4, -0.2) is 42.0 Å². The highest BCUT2D eigenvalue weighted by Gasteiger charge is 2.31. The second-order valence-electron chi connectivity index (χ2n) is 10.7. The van der Waals surface area contributed by atoms with E-state index in [9.17, 15) is 19.4 Å². The van der Waals surface area contributed by atoms with Gasteiger partial charge in [-0.15, -0.1) is 0 Å². The molecule has 0 saturated heterocycles. The van der Waals surface area contributed by atoms with Gasteiger partial charge >= 0.3 is 5.97 Å².